The van der Waals surface area contributed by atoms with Gasteiger partial charge in [-0.2, -0.15) is 0 Å². The number of allylic oxidation sites excluding steroid dienone is 1. The Morgan fingerprint density at radius 1 is 1.07 bits per heavy atom. The van der Waals surface area contributed by atoms with E-state index in [1.807, 2.05) is 0 Å². The molecule has 6 atom stereocenters. The van der Waals surface area contributed by atoms with Gasteiger partial charge in [-0.15, -0.1) is 0 Å². The zero-order valence-corrected chi connectivity index (χ0v) is 17.1. The molecule has 1 N–H and O–H groups in total. The standard InChI is InChI=1S/C23H34O4/c1-15(24)23(25)9-7-19-17-5-4-16-14-22(26-12-13-27-22)11-10-20(16,2)18(17)6-8-21(19,23)3/h4,17-19,25H,5-14H2,1-3H3/t17-,18-,19-,20+,21+,23-/m1/s1. The van der Waals surface area contributed by atoms with Crippen LogP contribution in [0.15, 0.2) is 11.6 Å². The second-order valence-electron chi connectivity index (χ2n) is 10.5. The number of fused-ring (bicyclic) bond motifs is 5. The van der Waals surface area contributed by atoms with E-state index in [9.17, 15) is 9.90 Å². The first kappa shape index (κ1) is 18.3. The molecule has 0 aromatic carbocycles. The van der Waals surface area contributed by atoms with Gasteiger partial charge in [0.2, 0.25) is 0 Å². The van der Waals surface area contributed by atoms with Gasteiger partial charge in [0.25, 0.3) is 0 Å². The minimum Gasteiger partial charge on any atom is -0.382 e. The van der Waals surface area contributed by atoms with Gasteiger partial charge in [-0.3, -0.25) is 4.79 Å². The van der Waals surface area contributed by atoms with Crippen LogP contribution < -0.4 is 0 Å². The minimum absolute atomic E-state index is 0.0284. The Morgan fingerprint density at radius 3 is 2.48 bits per heavy atom. The summed E-state index contributed by atoms with van der Waals surface area (Å²) in [7, 11) is 0. The normalized spacial score (nSPS) is 50.7. The summed E-state index contributed by atoms with van der Waals surface area (Å²) in [4.78, 5) is 12.3. The van der Waals surface area contributed by atoms with Crippen LogP contribution >= 0.6 is 0 Å². The summed E-state index contributed by atoms with van der Waals surface area (Å²) in [6.45, 7) is 7.69. The van der Waals surface area contributed by atoms with Gasteiger partial charge in [0.15, 0.2) is 11.6 Å². The van der Waals surface area contributed by atoms with Crippen LogP contribution in [0.2, 0.25) is 0 Å². The van der Waals surface area contributed by atoms with E-state index in [1.165, 1.54) is 0 Å². The molecular formula is C23H34O4. The van der Waals surface area contributed by atoms with Crippen molar-refractivity contribution >= 4 is 5.78 Å². The zero-order valence-electron chi connectivity index (χ0n) is 17.1. The summed E-state index contributed by atoms with van der Waals surface area (Å²) in [6.07, 6.45) is 10.3. The molecule has 1 heterocycles. The van der Waals surface area contributed by atoms with Crippen LogP contribution in [0, 0.1) is 28.6 Å². The van der Waals surface area contributed by atoms with Gasteiger partial charge in [-0.25, -0.2) is 0 Å². The number of aliphatic hydroxyl groups is 1. The maximum absolute atomic E-state index is 12.3. The molecule has 4 fully saturated rings. The van der Waals surface area contributed by atoms with Crippen molar-refractivity contribution in [3.63, 3.8) is 0 Å². The third-order valence-electron chi connectivity index (χ3n) is 9.66. The molecule has 1 spiro atoms. The quantitative estimate of drug-likeness (QED) is 0.705. The monoisotopic (exact) mass is 374 g/mol. The lowest BCUT2D eigenvalue weighted by Crippen LogP contribution is -2.57. The zero-order chi connectivity index (χ0) is 19.1. The summed E-state index contributed by atoms with van der Waals surface area (Å²) in [6, 6.07) is 0. The van der Waals surface area contributed by atoms with Crippen molar-refractivity contribution in [3.8, 4) is 0 Å². The van der Waals surface area contributed by atoms with Crippen LogP contribution in [0.4, 0.5) is 0 Å². The van der Waals surface area contributed by atoms with Crippen LogP contribution in [-0.2, 0) is 14.3 Å². The Morgan fingerprint density at radius 2 is 1.78 bits per heavy atom. The largest absolute Gasteiger partial charge is 0.382 e. The molecule has 150 valence electrons. The highest BCUT2D eigenvalue weighted by Crippen LogP contribution is 2.68. The van der Waals surface area contributed by atoms with Crippen molar-refractivity contribution in [1.82, 2.24) is 0 Å². The number of rotatable bonds is 1. The Kier molecular flexibility index (Phi) is 3.85. The predicted molar refractivity (Wildman–Crippen MR) is 102 cm³/mol. The molecule has 1 saturated heterocycles. The number of hydrogen-bond acceptors (Lipinski definition) is 4. The third kappa shape index (κ3) is 2.24. The molecule has 0 aromatic rings. The molecule has 4 nitrogen and oxygen atoms in total. The van der Waals surface area contributed by atoms with Crippen LogP contribution in [-0.4, -0.2) is 35.5 Å². The van der Waals surface area contributed by atoms with E-state index < -0.39 is 5.60 Å². The molecular weight excluding hydrogens is 340 g/mol. The Bertz CT molecular complexity index is 692. The van der Waals surface area contributed by atoms with E-state index in [2.05, 4.69) is 19.9 Å². The number of hydrogen-bond donors (Lipinski definition) is 1. The van der Waals surface area contributed by atoms with Gasteiger partial charge in [0.1, 0.15) is 5.60 Å². The van der Waals surface area contributed by atoms with Crippen LogP contribution in [0.25, 0.3) is 0 Å². The SMILES string of the molecule is CC(=O)[C@]1(O)CC[C@@H]2[C@@H]3CC=C4CC5(CC[C@]4(C)[C@@H]3CC[C@@]21C)OCCO5. The lowest BCUT2D eigenvalue weighted by molar-refractivity contribution is -0.188. The summed E-state index contributed by atoms with van der Waals surface area (Å²) in [5, 5.41) is 11.3. The maximum atomic E-state index is 12.3. The Balaban J connectivity index is 1.46. The number of carbonyl (C=O) groups is 1. The topological polar surface area (TPSA) is 55.8 Å². The molecule has 0 radical (unpaired) electrons. The first-order valence-corrected chi connectivity index (χ1v) is 11.0. The Hall–Kier alpha value is -0.710. The number of ketones is 1. The van der Waals surface area contributed by atoms with E-state index in [0.717, 1.165) is 58.2 Å². The van der Waals surface area contributed by atoms with E-state index in [0.29, 0.717) is 24.2 Å². The van der Waals surface area contributed by atoms with Gasteiger partial charge >= 0.3 is 0 Å². The lowest BCUT2D eigenvalue weighted by Gasteiger charge is -2.59. The van der Waals surface area contributed by atoms with Crippen molar-refractivity contribution in [2.75, 3.05) is 13.2 Å². The molecule has 0 bridgehead atoms. The lowest BCUT2D eigenvalue weighted by atomic mass is 9.46. The van der Waals surface area contributed by atoms with E-state index in [4.69, 9.17) is 9.47 Å². The number of ether oxygens (including phenoxy) is 2. The highest BCUT2D eigenvalue weighted by Gasteiger charge is 2.65. The van der Waals surface area contributed by atoms with Crippen molar-refractivity contribution < 1.29 is 19.4 Å². The fraction of sp³-hybridized carbons (Fsp3) is 0.870. The van der Waals surface area contributed by atoms with Gasteiger partial charge in [-0.1, -0.05) is 25.5 Å². The summed E-state index contributed by atoms with van der Waals surface area (Å²) in [5.41, 5.74) is 0.396. The highest BCUT2D eigenvalue weighted by atomic mass is 16.7. The highest BCUT2D eigenvalue weighted by molar-refractivity contribution is 5.86. The fourth-order valence-corrected chi connectivity index (χ4v) is 7.94. The van der Waals surface area contributed by atoms with Crippen molar-refractivity contribution in [2.24, 2.45) is 28.6 Å². The smallest absolute Gasteiger partial charge is 0.172 e. The van der Waals surface area contributed by atoms with Crippen molar-refractivity contribution in [2.45, 2.75) is 83.5 Å². The molecule has 1 aliphatic heterocycles. The van der Waals surface area contributed by atoms with Gasteiger partial charge in [-0.05, 0) is 68.6 Å². The molecule has 5 rings (SSSR count). The summed E-state index contributed by atoms with van der Waals surface area (Å²) < 4.78 is 12.0. The van der Waals surface area contributed by atoms with Gasteiger partial charge in [0, 0.05) is 18.3 Å². The average Bonchev–Trinajstić information content (AvgIpc) is 3.19. The molecule has 5 aliphatic rings. The predicted octanol–water partition coefficient (Wildman–Crippen LogP) is 4.01. The number of carbonyl (C=O) groups excluding carboxylic acids is 1. The second kappa shape index (κ2) is 5.67. The third-order valence-corrected chi connectivity index (χ3v) is 9.66. The van der Waals surface area contributed by atoms with Gasteiger partial charge in [0.05, 0.1) is 13.2 Å². The molecule has 0 unspecified atom stereocenters. The first-order chi connectivity index (χ1) is 12.7. The van der Waals surface area contributed by atoms with E-state index in [1.54, 1.807) is 12.5 Å². The summed E-state index contributed by atoms with van der Waals surface area (Å²) in [5.74, 6) is 1.31. The molecule has 3 saturated carbocycles. The molecule has 0 amide bonds. The molecule has 4 aliphatic carbocycles. The Labute approximate surface area is 162 Å². The van der Waals surface area contributed by atoms with Crippen LogP contribution in [0.5, 0.6) is 0 Å². The van der Waals surface area contributed by atoms with Crippen LogP contribution in [0.3, 0.4) is 0 Å². The van der Waals surface area contributed by atoms with Crippen molar-refractivity contribution in [1.29, 1.82) is 0 Å². The maximum Gasteiger partial charge on any atom is 0.172 e. The molecule has 4 heteroatoms. The second-order valence-corrected chi connectivity index (χ2v) is 10.5. The minimum atomic E-state index is -1.12. The van der Waals surface area contributed by atoms with Crippen LogP contribution in [0.1, 0.15) is 72.1 Å². The van der Waals surface area contributed by atoms with Gasteiger partial charge < -0.3 is 14.6 Å². The molecule has 0 aromatic heterocycles. The van der Waals surface area contributed by atoms with E-state index >= 15 is 0 Å². The fourth-order valence-electron chi connectivity index (χ4n) is 7.94. The van der Waals surface area contributed by atoms with Crippen molar-refractivity contribution in [3.05, 3.63) is 11.6 Å². The number of Topliss-reactive ketones (excluding diaryl/α,β-unsaturated/α-hetero) is 1. The summed E-state index contributed by atoms with van der Waals surface area (Å²) >= 11 is 0. The molecule has 27 heavy (non-hydrogen) atoms. The average molecular weight is 375 g/mol. The first-order valence-electron chi connectivity index (χ1n) is 11.0. The van der Waals surface area contributed by atoms with E-state index in [-0.39, 0.29) is 22.4 Å².